The lowest BCUT2D eigenvalue weighted by Crippen LogP contribution is -2.46. The van der Waals surface area contributed by atoms with Gasteiger partial charge < -0.3 is 10.1 Å². The van der Waals surface area contributed by atoms with E-state index in [9.17, 15) is 4.79 Å². The average molecular weight is 256 g/mol. The van der Waals surface area contributed by atoms with Gasteiger partial charge in [0.05, 0.1) is 13.0 Å². The summed E-state index contributed by atoms with van der Waals surface area (Å²) in [5.74, 6) is -0.0667. The largest absolute Gasteiger partial charge is 0.466 e. The predicted molar refractivity (Wildman–Crippen MR) is 73.6 cm³/mol. The molecule has 0 bridgehead atoms. The molecule has 106 valence electrons. The summed E-state index contributed by atoms with van der Waals surface area (Å²) in [4.78, 5) is 14.1. The molecule has 1 aliphatic heterocycles. The van der Waals surface area contributed by atoms with Crippen molar-refractivity contribution in [3.8, 4) is 0 Å². The molecular formula is C14H28N2O2. The fraction of sp³-hybridized carbons (Fsp3) is 0.929. The Morgan fingerprint density at radius 2 is 2.28 bits per heavy atom. The highest BCUT2D eigenvalue weighted by Crippen LogP contribution is 2.23. The van der Waals surface area contributed by atoms with E-state index >= 15 is 0 Å². The molecule has 1 saturated heterocycles. The van der Waals surface area contributed by atoms with Gasteiger partial charge in [-0.1, -0.05) is 6.42 Å². The highest BCUT2D eigenvalue weighted by atomic mass is 16.5. The minimum absolute atomic E-state index is 0.0667. The van der Waals surface area contributed by atoms with Crippen LogP contribution in [0.25, 0.3) is 0 Å². The van der Waals surface area contributed by atoms with Crippen LogP contribution in [0.3, 0.4) is 0 Å². The second kappa shape index (κ2) is 8.48. The van der Waals surface area contributed by atoms with Gasteiger partial charge in [0.25, 0.3) is 0 Å². The van der Waals surface area contributed by atoms with E-state index in [2.05, 4.69) is 17.1 Å². The zero-order valence-corrected chi connectivity index (χ0v) is 12.1. The standard InChI is InChI=1S/C14H28N2O2/c1-4-18-14(17)11-12(2)16-10-6-5-7-13(16)8-9-15-3/h12-13,15H,4-11H2,1-3H3. The van der Waals surface area contributed by atoms with Crippen molar-refractivity contribution in [2.24, 2.45) is 0 Å². The number of nitrogens with zero attached hydrogens (tertiary/aromatic N) is 1. The quantitative estimate of drug-likeness (QED) is 0.705. The van der Waals surface area contributed by atoms with E-state index in [1.807, 2.05) is 14.0 Å². The first-order valence-electron chi connectivity index (χ1n) is 7.25. The van der Waals surface area contributed by atoms with E-state index in [1.165, 1.54) is 25.7 Å². The molecule has 0 amide bonds. The number of nitrogens with one attached hydrogen (secondary N) is 1. The van der Waals surface area contributed by atoms with Crippen molar-refractivity contribution in [1.82, 2.24) is 10.2 Å². The van der Waals surface area contributed by atoms with Gasteiger partial charge in [-0.3, -0.25) is 9.69 Å². The fourth-order valence-electron chi connectivity index (χ4n) is 2.80. The minimum Gasteiger partial charge on any atom is -0.466 e. The zero-order chi connectivity index (χ0) is 13.4. The van der Waals surface area contributed by atoms with E-state index in [-0.39, 0.29) is 5.97 Å². The smallest absolute Gasteiger partial charge is 0.307 e. The summed E-state index contributed by atoms with van der Waals surface area (Å²) in [5.41, 5.74) is 0. The molecule has 2 atom stereocenters. The van der Waals surface area contributed by atoms with Crippen LogP contribution < -0.4 is 5.32 Å². The van der Waals surface area contributed by atoms with Gasteiger partial charge in [0.2, 0.25) is 0 Å². The monoisotopic (exact) mass is 256 g/mol. The predicted octanol–water partition coefficient (Wildman–Crippen LogP) is 1.79. The van der Waals surface area contributed by atoms with E-state index in [0.717, 1.165) is 13.1 Å². The van der Waals surface area contributed by atoms with E-state index in [1.54, 1.807) is 0 Å². The van der Waals surface area contributed by atoms with Gasteiger partial charge in [-0.05, 0) is 53.2 Å². The van der Waals surface area contributed by atoms with Crippen LogP contribution in [-0.2, 0) is 9.53 Å². The molecule has 1 rings (SSSR count). The molecule has 18 heavy (non-hydrogen) atoms. The number of piperidine rings is 1. The normalized spacial score (nSPS) is 22.7. The van der Waals surface area contributed by atoms with Crippen molar-refractivity contribution in [3.05, 3.63) is 0 Å². The summed E-state index contributed by atoms with van der Waals surface area (Å²) in [5, 5.41) is 3.22. The molecule has 1 fully saturated rings. The van der Waals surface area contributed by atoms with Crippen molar-refractivity contribution >= 4 is 5.97 Å². The van der Waals surface area contributed by atoms with Gasteiger partial charge in [-0.25, -0.2) is 0 Å². The molecule has 0 saturated carbocycles. The van der Waals surface area contributed by atoms with Crippen LogP contribution in [-0.4, -0.2) is 49.7 Å². The number of likely N-dealkylation sites (tertiary alicyclic amines) is 1. The first-order valence-corrected chi connectivity index (χ1v) is 7.25. The van der Waals surface area contributed by atoms with Crippen molar-refractivity contribution in [2.75, 3.05) is 26.7 Å². The van der Waals surface area contributed by atoms with Crippen molar-refractivity contribution in [3.63, 3.8) is 0 Å². The molecule has 0 aromatic carbocycles. The summed E-state index contributed by atoms with van der Waals surface area (Å²) >= 11 is 0. The Hall–Kier alpha value is -0.610. The maximum atomic E-state index is 11.6. The Labute approximate surface area is 111 Å². The second-order valence-electron chi connectivity index (χ2n) is 5.14. The summed E-state index contributed by atoms with van der Waals surface area (Å²) in [6, 6.07) is 0.918. The van der Waals surface area contributed by atoms with Gasteiger partial charge in [0.1, 0.15) is 0 Å². The van der Waals surface area contributed by atoms with Crippen molar-refractivity contribution < 1.29 is 9.53 Å². The average Bonchev–Trinajstić information content (AvgIpc) is 2.36. The number of hydrogen-bond donors (Lipinski definition) is 1. The van der Waals surface area contributed by atoms with Crippen LogP contribution in [0.1, 0.15) is 46.0 Å². The van der Waals surface area contributed by atoms with Crippen LogP contribution in [0.2, 0.25) is 0 Å². The van der Waals surface area contributed by atoms with Gasteiger partial charge >= 0.3 is 5.97 Å². The summed E-state index contributed by atoms with van der Waals surface area (Å²) < 4.78 is 5.04. The summed E-state index contributed by atoms with van der Waals surface area (Å²) in [7, 11) is 2.00. The van der Waals surface area contributed by atoms with Crippen LogP contribution >= 0.6 is 0 Å². The second-order valence-corrected chi connectivity index (χ2v) is 5.14. The molecule has 1 heterocycles. The molecule has 2 unspecified atom stereocenters. The number of esters is 1. The Morgan fingerprint density at radius 1 is 1.50 bits per heavy atom. The number of carbonyl (C=O) groups excluding carboxylic acids is 1. The number of carbonyl (C=O) groups is 1. The molecule has 4 nitrogen and oxygen atoms in total. The van der Waals surface area contributed by atoms with Crippen LogP contribution in [0.4, 0.5) is 0 Å². The third kappa shape index (κ3) is 4.94. The molecule has 0 radical (unpaired) electrons. The lowest BCUT2D eigenvalue weighted by molar-refractivity contribution is -0.144. The highest BCUT2D eigenvalue weighted by molar-refractivity contribution is 5.70. The van der Waals surface area contributed by atoms with Gasteiger partial charge in [-0.2, -0.15) is 0 Å². The molecular weight excluding hydrogens is 228 g/mol. The topological polar surface area (TPSA) is 41.6 Å². The Bertz CT molecular complexity index is 246. The third-order valence-electron chi connectivity index (χ3n) is 3.73. The Balaban J connectivity index is 2.45. The fourth-order valence-corrected chi connectivity index (χ4v) is 2.80. The number of hydrogen-bond acceptors (Lipinski definition) is 4. The zero-order valence-electron chi connectivity index (χ0n) is 12.1. The van der Waals surface area contributed by atoms with E-state index in [4.69, 9.17) is 4.74 Å². The van der Waals surface area contributed by atoms with E-state index < -0.39 is 0 Å². The molecule has 1 aliphatic rings. The highest BCUT2D eigenvalue weighted by Gasteiger charge is 2.27. The van der Waals surface area contributed by atoms with Gasteiger partial charge in [0.15, 0.2) is 0 Å². The van der Waals surface area contributed by atoms with Crippen LogP contribution in [0.15, 0.2) is 0 Å². The first kappa shape index (κ1) is 15.4. The third-order valence-corrected chi connectivity index (χ3v) is 3.73. The molecule has 1 N–H and O–H groups in total. The van der Waals surface area contributed by atoms with Crippen LogP contribution in [0.5, 0.6) is 0 Å². The summed E-state index contributed by atoms with van der Waals surface area (Å²) in [6.07, 6.45) is 5.52. The van der Waals surface area contributed by atoms with E-state index in [0.29, 0.717) is 25.1 Å². The maximum absolute atomic E-state index is 11.6. The van der Waals surface area contributed by atoms with Gasteiger partial charge in [0, 0.05) is 12.1 Å². The molecule has 0 aromatic heterocycles. The van der Waals surface area contributed by atoms with Crippen molar-refractivity contribution in [1.29, 1.82) is 0 Å². The summed E-state index contributed by atoms with van der Waals surface area (Å²) in [6.45, 7) is 6.66. The lowest BCUT2D eigenvalue weighted by Gasteiger charge is -2.39. The number of rotatable bonds is 7. The first-order chi connectivity index (χ1) is 8.69. The van der Waals surface area contributed by atoms with Crippen molar-refractivity contribution in [2.45, 2.75) is 58.0 Å². The minimum atomic E-state index is -0.0667. The van der Waals surface area contributed by atoms with Crippen LogP contribution in [0, 0.1) is 0 Å². The maximum Gasteiger partial charge on any atom is 0.307 e. The lowest BCUT2D eigenvalue weighted by atomic mass is 9.96. The SMILES string of the molecule is CCOC(=O)CC(C)N1CCCCC1CCNC. The van der Waals surface area contributed by atoms with Gasteiger partial charge in [-0.15, -0.1) is 0 Å². The molecule has 4 heteroatoms. The molecule has 0 aliphatic carbocycles. The Kier molecular flexibility index (Phi) is 7.28. The number of ether oxygens (including phenoxy) is 1. The Morgan fingerprint density at radius 3 is 2.94 bits per heavy atom. The molecule has 0 aromatic rings. The molecule has 0 spiro atoms.